The number of amides is 1. The first kappa shape index (κ1) is 15.9. The summed E-state index contributed by atoms with van der Waals surface area (Å²) in [5.74, 6) is 1.12. The fourth-order valence-electron chi connectivity index (χ4n) is 2.32. The van der Waals surface area contributed by atoms with Crippen molar-refractivity contribution in [2.45, 2.75) is 13.8 Å². The standard InChI is InChI=1S/C14H24N4O3/c1-3-20-9-8-17-4-6-18(7-5-17)11-14(19)15-13-10-12(2)21-16-13/h10H,3-9,11H2,1-2H3,(H,15,16,19). The highest BCUT2D eigenvalue weighted by molar-refractivity contribution is 5.91. The number of hydrogen-bond acceptors (Lipinski definition) is 6. The number of ether oxygens (including phenoxy) is 1. The summed E-state index contributed by atoms with van der Waals surface area (Å²) in [6.07, 6.45) is 0. The summed E-state index contributed by atoms with van der Waals surface area (Å²) >= 11 is 0. The largest absolute Gasteiger partial charge is 0.380 e. The van der Waals surface area contributed by atoms with Crippen molar-refractivity contribution in [1.82, 2.24) is 15.0 Å². The lowest BCUT2D eigenvalue weighted by Gasteiger charge is -2.34. The third kappa shape index (κ3) is 5.45. The molecule has 0 saturated carbocycles. The molecule has 1 aromatic rings. The van der Waals surface area contributed by atoms with Gasteiger partial charge >= 0.3 is 0 Å². The summed E-state index contributed by atoms with van der Waals surface area (Å²) < 4.78 is 10.3. The Labute approximate surface area is 125 Å². The van der Waals surface area contributed by atoms with Crippen LogP contribution in [0, 0.1) is 6.92 Å². The molecule has 1 aliphatic heterocycles. The molecule has 1 aliphatic rings. The van der Waals surface area contributed by atoms with Crippen molar-refractivity contribution in [2.75, 3.05) is 57.8 Å². The molecule has 0 radical (unpaired) electrons. The number of piperazine rings is 1. The van der Waals surface area contributed by atoms with E-state index in [1.807, 2.05) is 6.92 Å². The molecular formula is C14H24N4O3. The van der Waals surface area contributed by atoms with Gasteiger partial charge in [-0.1, -0.05) is 5.16 Å². The number of nitrogens with one attached hydrogen (secondary N) is 1. The molecule has 0 bridgehead atoms. The summed E-state index contributed by atoms with van der Waals surface area (Å²) in [4.78, 5) is 16.4. The monoisotopic (exact) mass is 296 g/mol. The van der Waals surface area contributed by atoms with Gasteiger partial charge in [-0.3, -0.25) is 14.6 Å². The second-order valence-corrected chi connectivity index (χ2v) is 5.19. The van der Waals surface area contributed by atoms with Crippen molar-refractivity contribution in [3.63, 3.8) is 0 Å². The summed E-state index contributed by atoms with van der Waals surface area (Å²) in [5.41, 5.74) is 0. The van der Waals surface area contributed by atoms with Gasteiger partial charge in [-0.05, 0) is 13.8 Å². The molecule has 7 heteroatoms. The number of nitrogens with zero attached hydrogens (tertiary/aromatic N) is 3. The van der Waals surface area contributed by atoms with Crippen molar-refractivity contribution in [3.8, 4) is 0 Å². The second kappa shape index (κ2) is 8.11. The Morgan fingerprint density at radius 1 is 1.38 bits per heavy atom. The number of aromatic nitrogens is 1. The minimum Gasteiger partial charge on any atom is -0.380 e. The average Bonchev–Trinajstić information content (AvgIpc) is 2.86. The minimum atomic E-state index is -0.0499. The number of rotatable bonds is 7. The van der Waals surface area contributed by atoms with Crippen LogP contribution in [0.4, 0.5) is 5.82 Å². The Balaban J connectivity index is 1.65. The maximum absolute atomic E-state index is 11.9. The second-order valence-electron chi connectivity index (χ2n) is 5.19. The summed E-state index contributed by atoms with van der Waals surface area (Å²) in [6.45, 7) is 10.5. The van der Waals surface area contributed by atoms with Gasteiger partial charge in [-0.2, -0.15) is 0 Å². The molecule has 1 saturated heterocycles. The van der Waals surface area contributed by atoms with Crippen molar-refractivity contribution < 1.29 is 14.1 Å². The van der Waals surface area contributed by atoms with E-state index < -0.39 is 0 Å². The zero-order chi connectivity index (χ0) is 15.1. The fourth-order valence-corrected chi connectivity index (χ4v) is 2.32. The minimum absolute atomic E-state index is 0.0499. The van der Waals surface area contributed by atoms with Crippen LogP contribution in [0.15, 0.2) is 10.6 Å². The van der Waals surface area contributed by atoms with Crippen molar-refractivity contribution >= 4 is 11.7 Å². The first-order chi connectivity index (χ1) is 10.2. The van der Waals surface area contributed by atoms with Gasteiger partial charge in [0, 0.05) is 45.4 Å². The SMILES string of the molecule is CCOCCN1CCN(CC(=O)Nc2cc(C)on2)CC1. The molecule has 0 spiro atoms. The van der Waals surface area contributed by atoms with Crippen molar-refractivity contribution in [1.29, 1.82) is 0 Å². The van der Waals surface area contributed by atoms with E-state index in [4.69, 9.17) is 9.26 Å². The highest BCUT2D eigenvalue weighted by Crippen LogP contribution is 2.07. The first-order valence-electron chi connectivity index (χ1n) is 7.43. The molecule has 0 aliphatic carbocycles. The van der Waals surface area contributed by atoms with Crippen LogP contribution < -0.4 is 5.32 Å². The lowest BCUT2D eigenvalue weighted by molar-refractivity contribution is -0.117. The summed E-state index contributed by atoms with van der Waals surface area (Å²) in [6, 6.07) is 1.71. The maximum Gasteiger partial charge on any atom is 0.239 e. The number of aryl methyl sites for hydroxylation is 1. The number of carbonyl (C=O) groups is 1. The Kier molecular flexibility index (Phi) is 6.16. The van der Waals surface area contributed by atoms with Crippen LogP contribution in [0.25, 0.3) is 0 Å². The Morgan fingerprint density at radius 2 is 2.10 bits per heavy atom. The molecule has 0 aromatic carbocycles. The van der Waals surface area contributed by atoms with Gasteiger partial charge < -0.3 is 14.6 Å². The van der Waals surface area contributed by atoms with Crippen molar-refractivity contribution in [2.24, 2.45) is 0 Å². The molecule has 0 atom stereocenters. The number of carbonyl (C=O) groups excluding carboxylic acids is 1. The topological polar surface area (TPSA) is 70.8 Å². The highest BCUT2D eigenvalue weighted by atomic mass is 16.5. The van der Waals surface area contributed by atoms with Crippen LogP contribution in [-0.4, -0.2) is 73.3 Å². The molecule has 1 aromatic heterocycles. The molecule has 2 heterocycles. The van der Waals surface area contributed by atoms with Gasteiger partial charge in [0.2, 0.25) is 5.91 Å². The van der Waals surface area contributed by atoms with E-state index in [-0.39, 0.29) is 5.91 Å². The molecule has 118 valence electrons. The van der Waals surface area contributed by atoms with Gasteiger partial charge in [0.15, 0.2) is 5.82 Å². The third-order valence-electron chi connectivity index (χ3n) is 3.48. The normalized spacial score (nSPS) is 17.0. The lowest BCUT2D eigenvalue weighted by atomic mass is 10.3. The Morgan fingerprint density at radius 3 is 2.71 bits per heavy atom. The van der Waals surface area contributed by atoms with Gasteiger partial charge in [-0.25, -0.2) is 0 Å². The quantitative estimate of drug-likeness (QED) is 0.742. The van der Waals surface area contributed by atoms with Gasteiger partial charge in [0.05, 0.1) is 13.2 Å². The molecule has 0 unspecified atom stereocenters. The van der Waals surface area contributed by atoms with E-state index in [9.17, 15) is 4.79 Å². The Hall–Kier alpha value is -1.44. The van der Waals surface area contributed by atoms with Gasteiger partial charge in [0.1, 0.15) is 5.76 Å². The zero-order valence-corrected chi connectivity index (χ0v) is 12.8. The van der Waals surface area contributed by atoms with E-state index in [0.717, 1.165) is 45.9 Å². The van der Waals surface area contributed by atoms with Gasteiger partial charge in [0.25, 0.3) is 0 Å². The average molecular weight is 296 g/mol. The van der Waals surface area contributed by atoms with Gasteiger partial charge in [-0.15, -0.1) is 0 Å². The van der Waals surface area contributed by atoms with E-state index in [1.54, 1.807) is 13.0 Å². The first-order valence-corrected chi connectivity index (χ1v) is 7.43. The predicted octanol–water partition coefficient (Wildman–Crippen LogP) is 0.576. The number of anilines is 1. The molecule has 21 heavy (non-hydrogen) atoms. The molecule has 1 fully saturated rings. The highest BCUT2D eigenvalue weighted by Gasteiger charge is 2.19. The van der Waals surface area contributed by atoms with E-state index >= 15 is 0 Å². The van der Waals surface area contributed by atoms with E-state index in [0.29, 0.717) is 18.1 Å². The number of hydrogen-bond donors (Lipinski definition) is 1. The van der Waals surface area contributed by atoms with Crippen LogP contribution in [0.3, 0.4) is 0 Å². The third-order valence-corrected chi connectivity index (χ3v) is 3.48. The molecule has 1 N–H and O–H groups in total. The van der Waals surface area contributed by atoms with Crippen LogP contribution in [0.5, 0.6) is 0 Å². The lowest BCUT2D eigenvalue weighted by Crippen LogP contribution is -2.49. The predicted molar refractivity (Wildman–Crippen MR) is 79.2 cm³/mol. The van der Waals surface area contributed by atoms with Crippen LogP contribution in [0.2, 0.25) is 0 Å². The van der Waals surface area contributed by atoms with E-state index in [1.165, 1.54) is 0 Å². The molecule has 2 rings (SSSR count). The van der Waals surface area contributed by atoms with E-state index in [2.05, 4.69) is 20.3 Å². The molecular weight excluding hydrogens is 272 g/mol. The van der Waals surface area contributed by atoms with Crippen LogP contribution in [0.1, 0.15) is 12.7 Å². The smallest absolute Gasteiger partial charge is 0.239 e. The fraction of sp³-hybridized carbons (Fsp3) is 0.714. The zero-order valence-electron chi connectivity index (χ0n) is 12.8. The maximum atomic E-state index is 11.9. The summed E-state index contributed by atoms with van der Waals surface area (Å²) in [7, 11) is 0. The Bertz CT molecular complexity index is 441. The summed E-state index contributed by atoms with van der Waals surface area (Å²) in [5, 5.41) is 6.50. The molecule has 7 nitrogen and oxygen atoms in total. The van der Waals surface area contributed by atoms with Crippen molar-refractivity contribution in [3.05, 3.63) is 11.8 Å². The van der Waals surface area contributed by atoms with Crippen LogP contribution in [-0.2, 0) is 9.53 Å². The molecule has 1 amide bonds. The van der Waals surface area contributed by atoms with Crippen LogP contribution >= 0.6 is 0 Å².